The van der Waals surface area contributed by atoms with Crippen molar-refractivity contribution in [2.75, 3.05) is 0 Å². The first-order chi connectivity index (χ1) is 7.65. The SMILES string of the molecule is C=CC[C@@]1(C)N=C(c2ccccc2)OC1=O. The molecule has 0 bridgehead atoms. The molecule has 1 heterocycles. The van der Waals surface area contributed by atoms with Gasteiger partial charge in [-0.1, -0.05) is 24.3 Å². The number of carbonyl (C=O) groups excluding carboxylic acids is 1. The van der Waals surface area contributed by atoms with Gasteiger partial charge in [0.2, 0.25) is 5.90 Å². The van der Waals surface area contributed by atoms with Gasteiger partial charge >= 0.3 is 5.97 Å². The van der Waals surface area contributed by atoms with Crippen molar-refractivity contribution in [2.24, 2.45) is 4.99 Å². The van der Waals surface area contributed by atoms with E-state index in [2.05, 4.69) is 11.6 Å². The molecule has 0 saturated carbocycles. The Bertz CT molecular complexity index is 450. The average molecular weight is 215 g/mol. The summed E-state index contributed by atoms with van der Waals surface area (Å²) in [7, 11) is 0. The predicted molar refractivity (Wildman–Crippen MR) is 62.3 cm³/mol. The number of esters is 1. The lowest BCUT2D eigenvalue weighted by Gasteiger charge is -2.11. The van der Waals surface area contributed by atoms with Crippen LogP contribution in [-0.4, -0.2) is 17.4 Å². The van der Waals surface area contributed by atoms with Gasteiger partial charge in [-0.25, -0.2) is 9.79 Å². The molecular weight excluding hydrogens is 202 g/mol. The van der Waals surface area contributed by atoms with E-state index in [1.54, 1.807) is 13.0 Å². The molecule has 0 N–H and O–H groups in total. The highest BCUT2D eigenvalue weighted by atomic mass is 16.6. The Hall–Kier alpha value is -1.90. The van der Waals surface area contributed by atoms with Crippen LogP contribution in [0, 0.1) is 0 Å². The molecule has 1 aliphatic heterocycles. The minimum Gasteiger partial charge on any atom is -0.405 e. The summed E-state index contributed by atoms with van der Waals surface area (Å²) >= 11 is 0. The number of hydrogen-bond donors (Lipinski definition) is 0. The molecule has 0 aromatic heterocycles. The lowest BCUT2D eigenvalue weighted by atomic mass is 10.00. The largest absolute Gasteiger partial charge is 0.405 e. The molecule has 0 amide bonds. The second kappa shape index (κ2) is 3.93. The summed E-state index contributed by atoms with van der Waals surface area (Å²) < 4.78 is 5.18. The number of ether oxygens (including phenoxy) is 1. The summed E-state index contributed by atoms with van der Waals surface area (Å²) in [6.07, 6.45) is 2.17. The number of benzene rings is 1. The van der Waals surface area contributed by atoms with E-state index in [-0.39, 0.29) is 5.97 Å². The van der Waals surface area contributed by atoms with Crippen molar-refractivity contribution in [3.05, 3.63) is 48.6 Å². The van der Waals surface area contributed by atoms with Crippen LogP contribution in [0.5, 0.6) is 0 Å². The quantitative estimate of drug-likeness (QED) is 0.573. The maximum absolute atomic E-state index is 11.7. The summed E-state index contributed by atoms with van der Waals surface area (Å²) in [5.41, 5.74) is 0.0102. The zero-order chi connectivity index (χ0) is 11.6. The highest BCUT2D eigenvalue weighted by Crippen LogP contribution is 2.26. The Labute approximate surface area is 94.5 Å². The van der Waals surface area contributed by atoms with Gasteiger partial charge in [0.1, 0.15) is 0 Å². The van der Waals surface area contributed by atoms with Gasteiger partial charge < -0.3 is 4.74 Å². The fourth-order valence-corrected chi connectivity index (χ4v) is 1.60. The van der Waals surface area contributed by atoms with E-state index >= 15 is 0 Å². The van der Waals surface area contributed by atoms with E-state index in [0.29, 0.717) is 12.3 Å². The van der Waals surface area contributed by atoms with Gasteiger partial charge in [0.15, 0.2) is 5.54 Å². The van der Waals surface area contributed by atoms with Gasteiger partial charge in [-0.15, -0.1) is 6.58 Å². The minimum atomic E-state index is -0.813. The Morgan fingerprint density at radius 1 is 1.44 bits per heavy atom. The summed E-state index contributed by atoms with van der Waals surface area (Å²) in [4.78, 5) is 16.0. The van der Waals surface area contributed by atoms with E-state index in [9.17, 15) is 4.79 Å². The normalized spacial score (nSPS) is 23.8. The van der Waals surface area contributed by atoms with Crippen LogP contribution < -0.4 is 0 Å². The number of carbonyl (C=O) groups is 1. The maximum atomic E-state index is 11.7. The third-order valence-electron chi connectivity index (χ3n) is 2.54. The topological polar surface area (TPSA) is 38.7 Å². The number of nitrogens with zero attached hydrogens (tertiary/aromatic N) is 1. The highest BCUT2D eigenvalue weighted by Gasteiger charge is 2.40. The van der Waals surface area contributed by atoms with Crippen molar-refractivity contribution in [3.8, 4) is 0 Å². The van der Waals surface area contributed by atoms with Crippen LogP contribution in [0.1, 0.15) is 18.9 Å². The monoisotopic (exact) mass is 215 g/mol. The van der Waals surface area contributed by atoms with Gasteiger partial charge in [-0.05, 0) is 19.1 Å². The van der Waals surface area contributed by atoms with Crippen molar-refractivity contribution < 1.29 is 9.53 Å². The standard InChI is InChI=1S/C13H13NO2/c1-3-9-13(2)12(15)16-11(14-13)10-7-5-4-6-8-10/h3-8H,1,9H2,2H3/t13-/m1/s1. The van der Waals surface area contributed by atoms with Crippen LogP contribution >= 0.6 is 0 Å². The van der Waals surface area contributed by atoms with Gasteiger partial charge in [0.05, 0.1) is 0 Å². The third-order valence-corrected chi connectivity index (χ3v) is 2.54. The van der Waals surface area contributed by atoms with Crippen LogP contribution in [0.15, 0.2) is 48.0 Å². The summed E-state index contributed by atoms with van der Waals surface area (Å²) in [6.45, 7) is 5.38. The molecule has 1 aromatic carbocycles. The summed E-state index contributed by atoms with van der Waals surface area (Å²) in [5, 5.41) is 0. The first kappa shape index (κ1) is 10.6. The molecule has 0 unspecified atom stereocenters. The van der Waals surface area contributed by atoms with Crippen molar-refractivity contribution in [1.82, 2.24) is 0 Å². The van der Waals surface area contributed by atoms with E-state index in [1.807, 2.05) is 30.3 Å². The van der Waals surface area contributed by atoms with Gasteiger partial charge in [-0.2, -0.15) is 0 Å². The number of cyclic esters (lactones) is 1. The molecule has 2 rings (SSSR count). The van der Waals surface area contributed by atoms with E-state index < -0.39 is 5.54 Å². The van der Waals surface area contributed by atoms with Crippen LogP contribution in [0.25, 0.3) is 0 Å². The fourth-order valence-electron chi connectivity index (χ4n) is 1.60. The van der Waals surface area contributed by atoms with Crippen LogP contribution in [0.4, 0.5) is 0 Å². The molecule has 82 valence electrons. The molecule has 0 aliphatic carbocycles. The summed E-state index contributed by atoms with van der Waals surface area (Å²) in [6, 6.07) is 9.41. The fraction of sp³-hybridized carbons (Fsp3) is 0.231. The Morgan fingerprint density at radius 2 is 2.12 bits per heavy atom. The van der Waals surface area contributed by atoms with Crippen molar-refractivity contribution >= 4 is 11.9 Å². The van der Waals surface area contributed by atoms with Gasteiger partial charge in [0, 0.05) is 12.0 Å². The second-order valence-electron chi connectivity index (χ2n) is 3.94. The number of hydrogen-bond acceptors (Lipinski definition) is 3. The first-order valence-electron chi connectivity index (χ1n) is 5.14. The molecule has 0 saturated heterocycles. The van der Waals surface area contributed by atoms with Crippen LogP contribution in [0.2, 0.25) is 0 Å². The average Bonchev–Trinajstić information content (AvgIpc) is 2.57. The molecule has 1 aliphatic rings. The number of rotatable bonds is 3. The van der Waals surface area contributed by atoms with Crippen molar-refractivity contribution in [2.45, 2.75) is 18.9 Å². The van der Waals surface area contributed by atoms with E-state index in [1.165, 1.54) is 0 Å². The molecule has 16 heavy (non-hydrogen) atoms. The lowest BCUT2D eigenvalue weighted by Crippen LogP contribution is -2.29. The zero-order valence-electron chi connectivity index (χ0n) is 9.14. The molecule has 3 heteroatoms. The molecule has 0 fully saturated rings. The Morgan fingerprint density at radius 3 is 2.75 bits per heavy atom. The smallest absolute Gasteiger partial charge is 0.340 e. The van der Waals surface area contributed by atoms with E-state index in [0.717, 1.165) is 5.56 Å². The molecule has 0 spiro atoms. The second-order valence-corrected chi connectivity index (χ2v) is 3.94. The van der Waals surface area contributed by atoms with Gasteiger partial charge in [-0.3, -0.25) is 0 Å². The molecule has 1 atom stereocenters. The summed E-state index contributed by atoms with van der Waals surface area (Å²) in [5.74, 6) is 0.0844. The van der Waals surface area contributed by atoms with Crippen LogP contribution in [0.3, 0.4) is 0 Å². The van der Waals surface area contributed by atoms with Gasteiger partial charge in [0.25, 0.3) is 0 Å². The minimum absolute atomic E-state index is 0.314. The highest BCUT2D eigenvalue weighted by molar-refractivity contribution is 6.07. The van der Waals surface area contributed by atoms with Crippen LogP contribution in [-0.2, 0) is 9.53 Å². The van der Waals surface area contributed by atoms with Crippen molar-refractivity contribution in [1.29, 1.82) is 0 Å². The zero-order valence-corrected chi connectivity index (χ0v) is 9.14. The molecule has 1 aromatic rings. The maximum Gasteiger partial charge on any atom is 0.340 e. The Kier molecular flexibility index (Phi) is 2.60. The third kappa shape index (κ3) is 1.76. The van der Waals surface area contributed by atoms with E-state index in [4.69, 9.17) is 4.74 Å². The molecule has 0 radical (unpaired) electrons. The molecular formula is C13H13NO2. The Balaban J connectivity index is 2.33. The first-order valence-corrected chi connectivity index (χ1v) is 5.14. The lowest BCUT2D eigenvalue weighted by molar-refractivity contribution is -0.138. The molecule has 3 nitrogen and oxygen atoms in total. The number of aliphatic imine (C=N–C) groups is 1. The predicted octanol–water partition coefficient (Wildman–Crippen LogP) is 2.32. The van der Waals surface area contributed by atoms with Crippen molar-refractivity contribution in [3.63, 3.8) is 0 Å².